The van der Waals surface area contributed by atoms with Gasteiger partial charge in [-0.1, -0.05) is 43.2 Å². The zero-order valence-electron chi connectivity index (χ0n) is 21.8. The van der Waals surface area contributed by atoms with Gasteiger partial charge in [0, 0.05) is 18.2 Å². The molecule has 0 bridgehead atoms. The molecule has 0 saturated heterocycles. The molecule has 0 amide bonds. The van der Waals surface area contributed by atoms with Crippen LogP contribution >= 0.6 is 11.3 Å². The molecule has 36 heavy (non-hydrogen) atoms. The van der Waals surface area contributed by atoms with E-state index in [4.69, 9.17) is 0 Å². The molecule has 3 N–H and O–H groups in total. The first-order chi connectivity index (χ1) is 17.4. The SMILES string of the molecule is CCCN(CCCCCCN(C)CCc1ccc2[nH]c(=O)sc2c1)C1CCc2c(ccc(O)c2O)C1. The Morgan fingerprint density at radius 1 is 1.03 bits per heavy atom. The second-order valence-corrected chi connectivity index (χ2v) is 11.3. The number of nitrogens with zero attached hydrogens (tertiary/aromatic N) is 2. The number of phenols is 2. The molecule has 3 aromatic rings. The molecule has 0 radical (unpaired) electrons. The van der Waals surface area contributed by atoms with Crippen molar-refractivity contribution in [2.24, 2.45) is 0 Å². The van der Waals surface area contributed by atoms with E-state index in [1.807, 2.05) is 12.1 Å². The van der Waals surface area contributed by atoms with Gasteiger partial charge in [0.25, 0.3) is 0 Å². The van der Waals surface area contributed by atoms with Gasteiger partial charge in [-0.15, -0.1) is 0 Å². The lowest BCUT2D eigenvalue weighted by molar-refractivity contribution is 0.175. The van der Waals surface area contributed by atoms with E-state index in [9.17, 15) is 15.0 Å². The third-order valence-corrected chi connectivity index (χ3v) is 8.42. The van der Waals surface area contributed by atoms with Crippen molar-refractivity contribution in [1.29, 1.82) is 0 Å². The van der Waals surface area contributed by atoms with Crippen molar-refractivity contribution in [1.82, 2.24) is 14.8 Å². The Bertz CT molecular complexity index is 1190. The van der Waals surface area contributed by atoms with Gasteiger partial charge in [-0.05, 0) is 101 Å². The van der Waals surface area contributed by atoms with Crippen LogP contribution in [0.1, 0.15) is 62.1 Å². The molecule has 2 aromatic carbocycles. The van der Waals surface area contributed by atoms with Crippen LogP contribution < -0.4 is 4.87 Å². The maximum absolute atomic E-state index is 11.5. The first kappa shape index (κ1) is 26.7. The van der Waals surface area contributed by atoms with Gasteiger partial charge in [-0.3, -0.25) is 4.79 Å². The Morgan fingerprint density at radius 2 is 1.83 bits per heavy atom. The van der Waals surface area contributed by atoms with E-state index in [-0.39, 0.29) is 16.4 Å². The highest BCUT2D eigenvalue weighted by Gasteiger charge is 2.26. The third kappa shape index (κ3) is 6.90. The van der Waals surface area contributed by atoms with E-state index in [1.165, 1.54) is 48.1 Å². The van der Waals surface area contributed by atoms with Gasteiger partial charge in [0.05, 0.1) is 10.2 Å². The predicted octanol–water partition coefficient (Wildman–Crippen LogP) is 5.31. The fourth-order valence-electron chi connectivity index (χ4n) is 5.51. The number of hydrogen-bond acceptors (Lipinski definition) is 6. The summed E-state index contributed by atoms with van der Waals surface area (Å²) in [4.78, 5) is 19.5. The molecule has 6 nitrogen and oxygen atoms in total. The highest BCUT2D eigenvalue weighted by Crippen LogP contribution is 2.36. The normalized spacial score (nSPS) is 15.7. The van der Waals surface area contributed by atoms with Crippen LogP contribution in [0.5, 0.6) is 11.5 Å². The van der Waals surface area contributed by atoms with Crippen LogP contribution in [0.2, 0.25) is 0 Å². The Morgan fingerprint density at radius 3 is 2.64 bits per heavy atom. The van der Waals surface area contributed by atoms with Gasteiger partial charge in [0.2, 0.25) is 0 Å². The molecule has 1 atom stereocenters. The van der Waals surface area contributed by atoms with E-state index in [0.29, 0.717) is 6.04 Å². The van der Waals surface area contributed by atoms with E-state index >= 15 is 0 Å². The molecule has 1 aliphatic carbocycles. The van der Waals surface area contributed by atoms with Gasteiger partial charge >= 0.3 is 4.87 Å². The summed E-state index contributed by atoms with van der Waals surface area (Å²) in [5.74, 6) is 0.0823. The number of rotatable bonds is 13. The second-order valence-electron chi connectivity index (χ2n) is 10.3. The number of thiazole rings is 1. The average Bonchev–Trinajstić information content (AvgIpc) is 3.25. The minimum absolute atomic E-state index is 0.000769. The number of likely N-dealkylation sites (N-methyl/N-ethyl adjacent to an activating group) is 1. The van der Waals surface area contributed by atoms with Crippen LogP contribution in [-0.2, 0) is 19.3 Å². The number of aromatic hydroxyl groups is 2. The summed E-state index contributed by atoms with van der Waals surface area (Å²) in [7, 11) is 2.20. The molecule has 7 heteroatoms. The molecule has 0 saturated carbocycles. The first-order valence-corrected chi connectivity index (χ1v) is 14.3. The lowest BCUT2D eigenvalue weighted by Crippen LogP contribution is -2.40. The van der Waals surface area contributed by atoms with Crippen LogP contribution in [-0.4, -0.2) is 64.3 Å². The maximum Gasteiger partial charge on any atom is 0.305 e. The third-order valence-electron chi connectivity index (χ3n) is 7.57. The zero-order valence-corrected chi connectivity index (χ0v) is 22.6. The molecule has 4 rings (SSSR count). The molecule has 1 aliphatic rings. The standard InChI is InChI=1S/C29H41N3O3S/c1-3-15-32(23-10-11-24-22(20-23)9-13-26(33)28(24)34)17-7-5-4-6-16-31(2)18-14-21-8-12-25-27(19-21)36-29(35)30-25/h8-9,12-13,19,23,33-34H,3-7,10-11,14-18,20H2,1-2H3,(H,30,35). The predicted molar refractivity (Wildman–Crippen MR) is 150 cm³/mol. The molecule has 0 spiro atoms. The van der Waals surface area contributed by atoms with Crippen LogP contribution in [0.25, 0.3) is 10.2 Å². The van der Waals surface area contributed by atoms with Gasteiger partial charge in [-0.2, -0.15) is 0 Å². The summed E-state index contributed by atoms with van der Waals surface area (Å²) in [5, 5.41) is 20.0. The monoisotopic (exact) mass is 511 g/mol. The average molecular weight is 512 g/mol. The molecule has 196 valence electrons. The Kier molecular flexibility index (Phi) is 9.46. The summed E-state index contributed by atoms with van der Waals surface area (Å²) in [6, 6.07) is 10.4. The van der Waals surface area contributed by atoms with Gasteiger partial charge in [0.1, 0.15) is 0 Å². The number of benzene rings is 2. The number of nitrogens with one attached hydrogen (secondary N) is 1. The largest absolute Gasteiger partial charge is 0.504 e. The van der Waals surface area contributed by atoms with E-state index in [0.717, 1.165) is 74.1 Å². The Balaban J connectivity index is 1.14. The number of phenolic OH excluding ortho intramolecular Hbond substituents is 2. The fourth-order valence-corrected chi connectivity index (χ4v) is 6.31. The lowest BCUT2D eigenvalue weighted by Gasteiger charge is -2.35. The fraction of sp³-hybridized carbons (Fsp3) is 0.552. The summed E-state index contributed by atoms with van der Waals surface area (Å²) < 4.78 is 1.05. The van der Waals surface area contributed by atoms with Crippen LogP contribution in [0.3, 0.4) is 0 Å². The maximum atomic E-state index is 11.5. The number of hydrogen-bond donors (Lipinski definition) is 3. The van der Waals surface area contributed by atoms with Crippen molar-refractivity contribution < 1.29 is 10.2 Å². The molecular formula is C29H41N3O3S. The zero-order chi connectivity index (χ0) is 25.5. The van der Waals surface area contributed by atoms with Crippen molar-refractivity contribution in [2.75, 3.05) is 33.2 Å². The minimum Gasteiger partial charge on any atom is -0.504 e. The second kappa shape index (κ2) is 12.7. The van der Waals surface area contributed by atoms with Crippen molar-refractivity contribution in [3.8, 4) is 11.5 Å². The smallest absolute Gasteiger partial charge is 0.305 e. The molecule has 1 heterocycles. The van der Waals surface area contributed by atoms with E-state index in [1.54, 1.807) is 6.07 Å². The number of unbranched alkanes of at least 4 members (excludes halogenated alkanes) is 3. The van der Waals surface area contributed by atoms with E-state index < -0.39 is 0 Å². The number of H-pyrrole nitrogens is 1. The van der Waals surface area contributed by atoms with Crippen LogP contribution in [0.4, 0.5) is 0 Å². The lowest BCUT2D eigenvalue weighted by atomic mass is 9.86. The summed E-state index contributed by atoms with van der Waals surface area (Å²) in [6.07, 6.45) is 9.98. The molecule has 1 unspecified atom stereocenters. The number of fused-ring (bicyclic) bond motifs is 2. The summed E-state index contributed by atoms with van der Waals surface area (Å²) in [5.41, 5.74) is 4.36. The summed E-state index contributed by atoms with van der Waals surface area (Å²) >= 11 is 1.29. The van der Waals surface area contributed by atoms with Crippen LogP contribution in [0.15, 0.2) is 35.1 Å². The van der Waals surface area contributed by atoms with Crippen molar-refractivity contribution in [3.63, 3.8) is 0 Å². The van der Waals surface area contributed by atoms with Gasteiger partial charge in [-0.25, -0.2) is 0 Å². The summed E-state index contributed by atoms with van der Waals surface area (Å²) in [6.45, 7) is 6.67. The highest BCUT2D eigenvalue weighted by atomic mass is 32.1. The molecule has 1 aromatic heterocycles. The van der Waals surface area contributed by atoms with E-state index in [2.05, 4.69) is 40.9 Å². The first-order valence-electron chi connectivity index (χ1n) is 13.5. The van der Waals surface area contributed by atoms with Gasteiger partial charge < -0.3 is 25.0 Å². The number of aromatic amines is 1. The Labute approximate surface area is 218 Å². The van der Waals surface area contributed by atoms with Gasteiger partial charge in [0.15, 0.2) is 11.5 Å². The number of aromatic nitrogens is 1. The van der Waals surface area contributed by atoms with Crippen molar-refractivity contribution in [3.05, 3.63) is 56.7 Å². The highest BCUT2D eigenvalue weighted by molar-refractivity contribution is 7.16. The minimum atomic E-state index is 0.000769. The quantitative estimate of drug-likeness (QED) is 0.214. The molecule has 0 aliphatic heterocycles. The van der Waals surface area contributed by atoms with Crippen LogP contribution in [0, 0.1) is 0 Å². The molecule has 0 fully saturated rings. The molecular weight excluding hydrogens is 470 g/mol. The van der Waals surface area contributed by atoms with Crippen molar-refractivity contribution in [2.45, 2.75) is 70.8 Å². The van der Waals surface area contributed by atoms with Crippen molar-refractivity contribution >= 4 is 21.6 Å². The Hall–Kier alpha value is -2.35. The topological polar surface area (TPSA) is 79.8 Å².